The molecule has 104 valence electrons. The van der Waals surface area contributed by atoms with E-state index in [1.165, 1.54) is 0 Å². The Kier molecular flexibility index (Phi) is 7.43. The van der Waals surface area contributed by atoms with Crippen molar-refractivity contribution in [3.05, 3.63) is 0 Å². The molecule has 0 radical (unpaired) electrons. The summed E-state index contributed by atoms with van der Waals surface area (Å²) in [6, 6.07) is 0. The fourth-order valence-corrected chi connectivity index (χ4v) is 1.80. The first-order valence-electron chi connectivity index (χ1n) is 5.56. The molecule has 2 atom stereocenters. The maximum atomic E-state index is 11.4. The third kappa shape index (κ3) is 10.8. The molecule has 0 aliphatic rings. The third-order valence-corrected chi connectivity index (χ3v) is 3.00. The fourth-order valence-electron chi connectivity index (χ4n) is 0.994. The van der Waals surface area contributed by atoms with Crippen LogP contribution in [0.1, 0.15) is 12.8 Å². The summed E-state index contributed by atoms with van der Waals surface area (Å²) >= 11 is 0. The fraction of sp³-hybridized carbons (Fsp3) is 1.00. The van der Waals surface area contributed by atoms with Crippen LogP contribution in [0.2, 0.25) is 0 Å². The van der Waals surface area contributed by atoms with Gasteiger partial charge in [-0.1, -0.05) is 0 Å². The van der Waals surface area contributed by atoms with Gasteiger partial charge in [0.1, 0.15) is 19.4 Å². The van der Waals surface area contributed by atoms with Gasteiger partial charge in [0.15, 0.2) is 0 Å². The van der Waals surface area contributed by atoms with Gasteiger partial charge < -0.3 is 25.4 Å². The van der Waals surface area contributed by atoms with E-state index in [4.69, 9.17) is 16.0 Å². The third-order valence-electron chi connectivity index (χ3n) is 1.97. The highest BCUT2D eigenvalue weighted by Gasteiger charge is 2.16. The van der Waals surface area contributed by atoms with Gasteiger partial charge >= 0.3 is 0 Å². The van der Waals surface area contributed by atoms with E-state index in [0.29, 0.717) is 30.4 Å². The number of hydrogen-bond acceptors (Lipinski definition) is 6. The molecule has 7 nitrogen and oxygen atoms in total. The van der Waals surface area contributed by atoms with E-state index in [0.717, 1.165) is 0 Å². The topological polar surface area (TPSA) is 111 Å². The van der Waals surface area contributed by atoms with Gasteiger partial charge in [0, 0.05) is 0 Å². The van der Waals surface area contributed by atoms with Gasteiger partial charge in [0.05, 0.1) is 21.1 Å². The maximum Gasteiger partial charge on any atom is 0.269 e. The molecule has 17 heavy (non-hydrogen) atoms. The summed E-state index contributed by atoms with van der Waals surface area (Å²) < 4.78 is 21.3. The predicted octanol–water partition coefficient (Wildman–Crippen LogP) is -0.782. The van der Waals surface area contributed by atoms with Gasteiger partial charge in [-0.05, 0) is 19.4 Å². The van der Waals surface area contributed by atoms with Gasteiger partial charge in [0.25, 0.3) is 7.82 Å². The average Bonchev–Trinajstić information content (AvgIpc) is 2.11. The molecule has 0 saturated carbocycles. The van der Waals surface area contributed by atoms with E-state index < -0.39 is 14.1 Å². The van der Waals surface area contributed by atoms with E-state index in [-0.39, 0.29) is 6.61 Å². The van der Waals surface area contributed by atoms with Crippen LogP contribution in [0.25, 0.3) is 0 Å². The Morgan fingerprint density at radius 3 is 2.47 bits per heavy atom. The molecule has 8 heteroatoms. The number of hydrogen-bond donors (Lipinski definition) is 2. The van der Waals surface area contributed by atoms with E-state index in [1.54, 1.807) is 0 Å². The molecular weight excluding hydrogens is 245 g/mol. The van der Waals surface area contributed by atoms with Crippen molar-refractivity contribution >= 4 is 7.82 Å². The van der Waals surface area contributed by atoms with Crippen LogP contribution in [0.3, 0.4) is 0 Å². The van der Waals surface area contributed by atoms with Crippen molar-refractivity contribution < 1.29 is 23.0 Å². The Bertz CT molecular complexity index is 257. The van der Waals surface area contributed by atoms with Gasteiger partial charge in [-0.15, -0.1) is 0 Å². The van der Waals surface area contributed by atoms with Crippen LogP contribution in [-0.2, 0) is 13.6 Å². The molecule has 0 fully saturated rings. The standard InChI is InChI=1S/C9H24N3O4P/c1-12(2,3)7-8-15-17(13,14)16-9(11)5-4-6-10/h9H,4-8,10-11H2,1-3H3. The predicted molar refractivity (Wildman–Crippen MR) is 63.8 cm³/mol. The quantitative estimate of drug-likeness (QED) is 0.322. The van der Waals surface area contributed by atoms with Crippen LogP contribution >= 0.6 is 7.82 Å². The molecule has 0 aromatic heterocycles. The highest BCUT2D eigenvalue weighted by molar-refractivity contribution is 7.45. The number of likely N-dealkylation sites (N-methyl/N-ethyl adjacent to an activating group) is 1. The first-order chi connectivity index (χ1) is 7.66. The van der Waals surface area contributed by atoms with Crippen LogP contribution in [0.15, 0.2) is 0 Å². The van der Waals surface area contributed by atoms with Crippen molar-refractivity contribution in [1.82, 2.24) is 0 Å². The molecule has 0 heterocycles. The van der Waals surface area contributed by atoms with Crippen molar-refractivity contribution in [2.24, 2.45) is 11.5 Å². The zero-order valence-corrected chi connectivity index (χ0v) is 11.7. The number of quaternary nitrogens is 1. The molecule has 0 spiro atoms. The zero-order chi connectivity index (χ0) is 13.5. The molecule has 4 N–H and O–H groups in total. The molecule has 0 aromatic carbocycles. The summed E-state index contributed by atoms with van der Waals surface area (Å²) in [6.07, 6.45) is 0.118. The molecule has 0 aliphatic carbocycles. The Morgan fingerprint density at radius 1 is 1.41 bits per heavy atom. The first kappa shape index (κ1) is 17.0. The van der Waals surface area contributed by atoms with E-state index in [2.05, 4.69) is 4.52 Å². The Hall–Kier alpha value is -0.0100. The highest BCUT2D eigenvalue weighted by Crippen LogP contribution is 2.39. The van der Waals surface area contributed by atoms with Gasteiger partial charge in [-0.3, -0.25) is 9.09 Å². The van der Waals surface area contributed by atoms with Crippen LogP contribution in [0.4, 0.5) is 0 Å². The smallest absolute Gasteiger partial charge is 0.269 e. The van der Waals surface area contributed by atoms with E-state index in [1.807, 2.05) is 21.1 Å². The molecule has 2 unspecified atom stereocenters. The minimum absolute atomic E-state index is 0.0773. The van der Waals surface area contributed by atoms with E-state index in [9.17, 15) is 9.46 Å². The molecule has 0 amide bonds. The highest BCUT2D eigenvalue weighted by atomic mass is 31.2. The van der Waals surface area contributed by atoms with E-state index >= 15 is 0 Å². The van der Waals surface area contributed by atoms with Crippen LogP contribution in [-0.4, -0.2) is 51.6 Å². The number of nitrogens with two attached hydrogens (primary N) is 2. The second-order valence-corrected chi connectivity index (χ2v) is 6.23. The summed E-state index contributed by atoms with van der Waals surface area (Å²) in [4.78, 5) is 11.4. The summed E-state index contributed by atoms with van der Waals surface area (Å²) in [5.74, 6) is 0. The zero-order valence-electron chi connectivity index (χ0n) is 10.8. The minimum atomic E-state index is -4.30. The summed E-state index contributed by atoms with van der Waals surface area (Å²) in [6.45, 7) is 1.09. The summed E-state index contributed by atoms with van der Waals surface area (Å²) in [5, 5.41) is 0. The second-order valence-electron chi connectivity index (χ2n) is 4.87. The SMILES string of the molecule is C[N+](C)(C)CCOP(=O)([O-])OC(N)CCCN. The molecule has 0 aliphatic heterocycles. The summed E-state index contributed by atoms with van der Waals surface area (Å²) in [5.41, 5.74) is 10.7. The lowest BCUT2D eigenvalue weighted by atomic mass is 10.3. The summed E-state index contributed by atoms with van der Waals surface area (Å²) in [7, 11) is 1.51. The normalized spacial score (nSPS) is 17.8. The lowest BCUT2D eigenvalue weighted by molar-refractivity contribution is -0.870. The molecular formula is C9H24N3O4P. The van der Waals surface area contributed by atoms with Crippen molar-refractivity contribution in [3.8, 4) is 0 Å². The monoisotopic (exact) mass is 269 g/mol. The number of rotatable bonds is 9. The van der Waals surface area contributed by atoms with Crippen LogP contribution in [0, 0.1) is 0 Å². The van der Waals surface area contributed by atoms with Crippen molar-refractivity contribution in [3.63, 3.8) is 0 Å². The first-order valence-corrected chi connectivity index (χ1v) is 7.02. The van der Waals surface area contributed by atoms with Gasteiger partial charge in [-0.2, -0.15) is 0 Å². The number of phosphoric ester groups is 1. The molecule has 0 rings (SSSR count). The van der Waals surface area contributed by atoms with Crippen molar-refractivity contribution in [2.75, 3.05) is 40.8 Å². The Labute approximate surface area is 103 Å². The Balaban J connectivity index is 3.91. The lowest BCUT2D eigenvalue weighted by Gasteiger charge is -2.28. The largest absolute Gasteiger partial charge is 0.756 e. The maximum absolute atomic E-state index is 11.4. The van der Waals surface area contributed by atoms with Crippen LogP contribution < -0.4 is 16.4 Å². The molecule has 0 aromatic rings. The molecule has 0 saturated heterocycles. The minimum Gasteiger partial charge on any atom is -0.756 e. The number of nitrogens with zero attached hydrogens (tertiary/aromatic N) is 1. The second kappa shape index (κ2) is 7.43. The average molecular weight is 269 g/mol. The van der Waals surface area contributed by atoms with Crippen molar-refractivity contribution in [1.29, 1.82) is 0 Å². The lowest BCUT2D eigenvalue weighted by Crippen LogP contribution is -2.38. The molecule has 0 bridgehead atoms. The van der Waals surface area contributed by atoms with Gasteiger partial charge in [-0.25, -0.2) is 0 Å². The van der Waals surface area contributed by atoms with Crippen molar-refractivity contribution in [2.45, 2.75) is 19.1 Å². The Morgan fingerprint density at radius 2 is 2.00 bits per heavy atom. The number of phosphoric acid groups is 1. The van der Waals surface area contributed by atoms with Gasteiger partial charge in [0.2, 0.25) is 0 Å². The van der Waals surface area contributed by atoms with Crippen LogP contribution in [0.5, 0.6) is 0 Å².